The molecule has 0 N–H and O–H groups in total. The summed E-state index contributed by atoms with van der Waals surface area (Å²) in [5.74, 6) is 0.0950. The molecule has 2 rings (SSSR count). The van der Waals surface area contributed by atoms with E-state index < -0.39 is 0 Å². The van der Waals surface area contributed by atoms with Crippen molar-refractivity contribution in [2.45, 2.75) is 0 Å². The number of benzene rings is 1. The number of allylic oxidation sites excluding steroid dienone is 2. The average molecular weight is 231 g/mol. The summed E-state index contributed by atoms with van der Waals surface area (Å²) < 4.78 is 5.14. The number of methoxy groups -OCH3 is 1. The molecule has 1 aliphatic rings. The molecule has 1 aromatic carbocycles. The minimum Gasteiger partial charge on any atom is -0.496 e. The van der Waals surface area contributed by atoms with Crippen molar-refractivity contribution < 1.29 is 14.3 Å². The summed E-state index contributed by atoms with van der Waals surface area (Å²) in [6.07, 6.45) is 1.37. The van der Waals surface area contributed by atoms with Gasteiger partial charge in [-0.15, -0.1) is 0 Å². The predicted molar refractivity (Wildman–Crippen MR) is 63.4 cm³/mol. The highest BCUT2D eigenvalue weighted by Gasteiger charge is 2.29. The van der Waals surface area contributed by atoms with Crippen molar-refractivity contribution in [3.63, 3.8) is 0 Å². The van der Waals surface area contributed by atoms with Crippen LogP contribution in [0.15, 0.2) is 30.0 Å². The van der Waals surface area contributed by atoms with Crippen molar-refractivity contribution in [1.82, 2.24) is 4.90 Å². The Kier molecular flexibility index (Phi) is 2.71. The number of ketones is 2. The molecule has 0 bridgehead atoms. The summed E-state index contributed by atoms with van der Waals surface area (Å²) in [5, 5.41) is 0. The van der Waals surface area contributed by atoms with E-state index in [2.05, 4.69) is 0 Å². The number of rotatable bonds is 2. The number of hydrogen-bond donors (Lipinski definition) is 0. The number of hydrogen-bond acceptors (Lipinski definition) is 4. The SMILES string of the molecule is COc1cccc2c1C(=O)C(N(C)C)=CC2=O. The van der Waals surface area contributed by atoms with Crippen molar-refractivity contribution in [2.24, 2.45) is 0 Å². The lowest BCUT2D eigenvalue weighted by Gasteiger charge is -2.22. The molecule has 0 atom stereocenters. The van der Waals surface area contributed by atoms with E-state index in [1.54, 1.807) is 37.2 Å². The van der Waals surface area contributed by atoms with E-state index in [9.17, 15) is 9.59 Å². The van der Waals surface area contributed by atoms with E-state index in [1.807, 2.05) is 0 Å². The van der Waals surface area contributed by atoms with Gasteiger partial charge in [0.2, 0.25) is 5.78 Å². The molecule has 0 aromatic heterocycles. The normalized spacial score (nSPS) is 14.2. The van der Waals surface area contributed by atoms with E-state index in [-0.39, 0.29) is 11.6 Å². The molecule has 0 fully saturated rings. The quantitative estimate of drug-likeness (QED) is 0.774. The Morgan fingerprint density at radius 3 is 2.47 bits per heavy atom. The highest BCUT2D eigenvalue weighted by atomic mass is 16.5. The molecule has 0 saturated carbocycles. The van der Waals surface area contributed by atoms with Gasteiger partial charge in [0.25, 0.3) is 0 Å². The molecule has 4 nitrogen and oxygen atoms in total. The van der Waals surface area contributed by atoms with Gasteiger partial charge in [-0.1, -0.05) is 12.1 Å². The second-order valence-electron chi connectivity index (χ2n) is 4.00. The molecular formula is C13H13NO3. The van der Waals surface area contributed by atoms with Gasteiger partial charge in [0.05, 0.1) is 18.4 Å². The molecule has 0 aliphatic heterocycles. The van der Waals surface area contributed by atoms with Gasteiger partial charge >= 0.3 is 0 Å². The minimum absolute atomic E-state index is 0.165. The number of Topliss-reactive ketones (excluding diaryl/α,β-unsaturated/α-hetero) is 1. The average Bonchev–Trinajstić information content (AvgIpc) is 2.32. The first kappa shape index (κ1) is 11.4. The standard InChI is InChI=1S/C13H13NO3/c1-14(2)9-7-10(15)8-5-4-6-11(17-3)12(8)13(9)16/h4-7H,1-3H3. The molecule has 0 saturated heterocycles. The Labute approximate surface area is 99.5 Å². The molecule has 0 heterocycles. The Morgan fingerprint density at radius 1 is 1.18 bits per heavy atom. The molecule has 1 aliphatic carbocycles. The number of ether oxygens (including phenoxy) is 1. The van der Waals surface area contributed by atoms with Gasteiger partial charge in [0.1, 0.15) is 5.75 Å². The first-order valence-electron chi connectivity index (χ1n) is 5.21. The molecule has 0 amide bonds. The Morgan fingerprint density at radius 2 is 1.88 bits per heavy atom. The lowest BCUT2D eigenvalue weighted by molar-refractivity contribution is 0.0959. The zero-order chi connectivity index (χ0) is 12.6. The fourth-order valence-electron chi connectivity index (χ4n) is 1.87. The summed E-state index contributed by atoms with van der Waals surface area (Å²) in [5.41, 5.74) is 1.14. The van der Waals surface area contributed by atoms with Crippen LogP contribution in [0.4, 0.5) is 0 Å². The maximum atomic E-state index is 12.2. The van der Waals surface area contributed by atoms with Gasteiger partial charge in [-0.05, 0) is 6.07 Å². The molecule has 0 unspecified atom stereocenters. The number of carbonyl (C=O) groups excluding carboxylic acids is 2. The van der Waals surface area contributed by atoms with E-state index in [4.69, 9.17) is 4.74 Å². The van der Waals surface area contributed by atoms with Gasteiger partial charge in [-0.3, -0.25) is 9.59 Å². The van der Waals surface area contributed by atoms with Crippen molar-refractivity contribution in [3.8, 4) is 5.75 Å². The summed E-state index contributed by atoms with van der Waals surface area (Å²) >= 11 is 0. The summed E-state index contributed by atoms with van der Waals surface area (Å²) in [6.45, 7) is 0. The van der Waals surface area contributed by atoms with Crippen molar-refractivity contribution in [3.05, 3.63) is 41.1 Å². The maximum absolute atomic E-state index is 12.2. The number of nitrogens with zero attached hydrogens (tertiary/aromatic N) is 1. The molecule has 0 radical (unpaired) electrons. The largest absolute Gasteiger partial charge is 0.496 e. The minimum atomic E-state index is -0.179. The third-order valence-electron chi connectivity index (χ3n) is 2.72. The van der Waals surface area contributed by atoms with Crippen LogP contribution in [0.3, 0.4) is 0 Å². The number of carbonyl (C=O) groups is 2. The maximum Gasteiger partial charge on any atom is 0.213 e. The monoisotopic (exact) mass is 231 g/mol. The molecular weight excluding hydrogens is 218 g/mol. The zero-order valence-corrected chi connectivity index (χ0v) is 9.98. The van der Waals surface area contributed by atoms with Crippen LogP contribution in [0.1, 0.15) is 20.7 Å². The van der Waals surface area contributed by atoms with Gasteiger partial charge < -0.3 is 9.64 Å². The first-order chi connectivity index (χ1) is 8.06. The third kappa shape index (κ3) is 1.71. The molecule has 4 heteroatoms. The third-order valence-corrected chi connectivity index (χ3v) is 2.72. The Hall–Kier alpha value is -2.10. The zero-order valence-electron chi connectivity index (χ0n) is 9.98. The second-order valence-corrected chi connectivity index (χ2v) is 4.00. The smallest absolute Gasteiger partial charge is 0.213 e. The Bertz CT molecular complexity index is 529. The van der Waals surface area contributed by atoms with Crippen LogP contribution in [-0.4, -0.2) is 37.7 Å². The van der Waals surface area contributed by atoms with Crippen LogP contribution < -0.4 is 4.74 Å². The van der Waals surface area contributed by atoms with E-state index in [0.29, 0.717) is 22.6 Å². The van der Waals surface area contributed by atoms with Gasteiger partial charge in [0, 0.05) is 25.7 Å². The van der Waals surface area contributed by atoms with Crippen LogP contribution in [0.5, 0.6) is 5.75 Å². The lowest BCUT2D eigenvalue weighted by Crippen LogP contribution is -2.26. The molecule has 1 aromatic rings. The van der Waals surface area contributed by atoms with Crippen LogP contribution in [0.25, 0.3) is 0 Å². The van der Waals surface area contributed by atoms with Crippen molar-refractivity contribution in [1.29, 1.82) is 0 Å². The van der Waals surface area contributed by atoms with Gasteiger partial charge in [-0.25, -0.2) is 0 Å². The fourth-order valence-corrected chi connectivity index (χ4v) is 1.87. The summed E-state index contributed by atoms with van der Waals surface area (Å²) in [7, 11) is 4.95. The highest BCUT2D eigenvalue weighted by Crippen LogP contribution is 2.29. The van der Waals surface area contributed by atoms with Crippen LogP contribution >= 0.6 is 0 Å². The van der Waals surface area contributed by atoms with Crippen LogP contribution in [0, 0.1) is 0 Å². The highest BCUT2D eigenvalue weighted by molar-refractivity contribution is 6.25. The molecule has 0 spiro atoms. The number of fused-ring (bicyclic) bond motifs is 1. The van der Waals surface area contributed by atoms with E-state index in [0.717, 1.165) is 0 Å². The van der Waals surface area contributed by atoms with E-state index >= 15 is 0 Å². The predicted octanol–water partition coefficient (Wildman–Crippen LogP) is 1.52. The van der Waals surface area contributed by atoms with Crippen molar-refractivity contribution in [2.75, 3.05) is 21.2 Å². The van der Waals surface area contributed by atoms with E-state index in [1.165, 1.54) is 13.2 Å². The fraction of sp³-hybridized carbons (Fsp3) is 0.231. The number of likely N-dealkylation sites (N-methyl/N-ethyl adjacent to an activating group) is 1. The van der Waals surface area contributed by atoms with Gasteiger partial charge in [-0.2, -0.15) is 0 Å². The van der Waals surface area contributed by atoms with Crippen LogP contribution in [-0.2, 0) is 0 Å². The molecule has 17 heavy (non-hydrogen) atoms. The van der Waals surface area contributed by atoms with Gasteiger partial charge in [0.15, 0.2) is 5.78 Å². The summed E-state index contributed by atoms with van der Waals surface area (Å²) in [4.78, 5) is 25.8. The lowest BCUT2D eigenvalue weighted by atomic mass is 9.91. The topological polar surface area (TPSA) is 46.6 Å². The Balaban J connectivity index is 2.65. The molecule has 88 valence electrons. The first-order valence-corrected chi connectivity index (χ1v) is 5.21. The second kappa shape index (κ2) is 4.05. The van der Waals surface area contributed by atoms with Crippen LogP contribution in [0.2, 0.25) is 0 Å². The van der Waals surface area contributed by atoms with Crippen molar-refractivity contribution >= 4 is 11.6 Å². The summed E-state index contributed by atoms with van der Waals surface area (Å²) in [6, 6.07) is 5.03.